The number of likely N-dealkylation sites (N-methyl/N-ethyl adjacent to an activating group) is 1. The zero-order valence-electron chi connectivity index (χ0n) is 15.9. The average molecular weight is 365 g/mol. The highest BCUT2D eigenvalue weighted by Gasteiger charge is 2.19. The molecule has 4 nitrogen and oxygen atoms in total. The second-order valence-electron chi connectivity index (χ2n) is 6.69. The van der Waals surface area contributed by atoms with Crippen LogP contribution in [0, 0.1) is 0 Å². The molecule has 0 bridgehead atoms. The van der Waals surface area contributed by atoms with Crippen molar-refractivity contribution in [1.29, 1.82) is 0 Å². The number of carbonyl (C=O) groups is 1. The predicted octanol–water partition coefficient (Wildman–Crippen LogP) is 4.28. The molecule has 1 heterocycles. The van der Waals surface area contributed by atoms with E-state index in [4.69, 9.17) is 4.74 Å². The Morgan fingerprint density at radius 1 is 1.28 bits per heavy atom. The number of hydrogen-bond acceptors (Lipinski definition) is 4. The lowest BCUT2D eigenvalue weighted by Gasteiger charge is -2.29. The fourth-order valence-corrected chi connectivity index (χ4v) is 3.75. The lowest BCUT2D eigenvalue weighted by molar-refractivity contribution is 0.0717. The molecular formula is C20H32N2O2S. The molecule has 140 valence electrons. The summed E-state index contributed by atoms with van der Waals surface area (Å²) in [5, 5.41) is 0. The molecule has 2 rings (SSSR count). The minimum atomic E-state index is -0.138. The van der Waals surface area contributed by atoms with Crippen molar-refractivity contribution in [1.82, 2.24) is 9.80 Å². The third kappa shape index (κ3) is 6.55. The van der Waals surface area contributed by atoms with Gasteiger partial charge in [-0.05, 0) is 69.6 Å². The number of cyclic esters (lactones) is 1. The van der Waals surface area contributed by atoms with E-state index in [0.29, 0.717) is 12.6 Å². The molecule has 25 heavy (non-hydrogen) atoms. The Balaban J connectivity index is 1.71. The molecule has 0 aliphatic carbocycles. The number of nitrogens with zero attached hydrogens (tertiary/aromatic N) is 2. The molecule has 1 aromatic rings. The van der Waals surface area contributed by atoms with Gasteiger partial charge in [0, 0.05) is 24.0 Å². The number of carbonyl (C=O) groups excluding carboxylic acids is 1. The van der Waals surface area contributed by atoms with E-state index in [1.54, 1.807) is 11.8 Å². The number of thioether (sulfide) groups is 1. The summed E-state index contributed by atoms with van der Waals surface area (Å²) in [6.45, 7) is 8.94. The smallest absolute Gasteiger partial charge is 0.409 e. The lowest BCUT2D eigenvalue weighted by atomic mass is 10.1. The van der Waals surface area contributed by atoms with Crippen LogP contribution in [0.2, 0.25) is 0 Å². The monoisotopic (exact) mass is 364 g/mol. The van der Waals surface area contributed by atoms with Crippen LogP contribution in [0.4, 0.5) is 4.79 Å². The molecule has 1 fully saturated rings. The average Bonchev–Trinajstić information content (AvgIpc) is 2.63. The van der Waals surface area contributed by atoms with Gasteiger partial charge in [0.15, 0.2) is 0 Å². The van der Waals surface area contributed by atoms with Gasteiger partial charge < -0.3 is 14.5 Å². The molecule has 1 saturated heterocycles. The molecule has 0 spiro atoms. The summed E-state index contributed by atoms with van der Waals surface area (Å²) in [5.41, 5.74) is 1.40. The van der Waals surface area contributed by atoms with Gasteiger partial charge in [-0.25, -0.2) is 4.79 Å². The van der Waals surface area contributed by atoms with Gasteiger partial charge in [0.25, 0.3) is 0 Å². The molecule has 5 heteroatoms. The number of ether oxygens (including phenoxy) is 1. The van der Waals surface area contributed by atoms with Crippen LogP contribution in [0.25, 0.3) is 0 Å². The Morgan fingerprint density at radius 2 is 2.04 bits per heavy atom. The van der Waals surface area contributed by atoms with E-state index in [0.717, 1.165) is 51.9 Å². The summed E-state index contributed by atoms with van der Waals surface area (Å²) in [4.78, 5) is 17.3. The fourth-order valence-electron chi connectivity index (χ4n) is 3.34. The van der Waals surface area contributed by atoms with Crippen LogP contribution in [0.1, 0.15) is 38.7 Å². The SMILES string of the molecule is CCN(CCCCN1CCCOC1=O)C(C)Cc1ccc(SC)cc1. The van der Waals surface area contributed by atoms with Crippen LogP contribution >= 0.6 is 11.8 Å². The second kappa shape index (κ2) is 10.7. The fraction of sp³-hybridized carbons (Fsp3) is 0.650. The van der Waals surface area contributed by atoms with Crippen molar-refractivity contribution in [2.75, 3.05) is 39.0 Å². The van der Waals surface area contributed by atoms with Gasteiger partial charge in [-0.15, -0.1) is 11.8 Å². The molecule has 1 aliphatic rings. The number of unbranched alkanes of at least 4 members (excludes halogenated alkanes) is 1. The van der Waals surface area contributed by atoms with Crippen molar-refractivity contribution in [3.63, 3.8) is 0 Å². The van der Waals surface area contributed by atoms with Gasteiger partial charge in [-0.3, -0.25) is 0 Å². The van der Waals surface area contributed by atoms with Gasteiger partial charge >= 0.3 is 6.09 Å². The van der Waals surface area contributed by atoms with Gasteiger partial charge in [0.1, 0.15) is 0 Å². The Labute approximate surface area is 156 Å². The Morgan fingerprint density at radius 3 is 2.68 bits per heavy atom. The van der Waals surface area contributed by atoms with E-state index in [-0.39, 0.29) is 6.09 Å². The molecule has 0 saturated carbocycles. The van der Waals surface area contributed by atoms with Crippen LogP contribution in [0.5, 0.6) is 0 Å². The van der Waals surface area contributed by atoms with Crippen LogP contribution in [-0.2, 0) is 11.2 Å². The standard InChI is InChI=1S/C20H32N2O2S/c1-4-21(12-5-6-13-22-14-7-15-24-20(22)23)17(2)16-18-8-10-19(25-3)11-9-18/h8-11,17H,4-7,12-16H2,1-3H3. The van der Waals surface area contributed by atoms with E-state index in [9.17, 15) is 4.79 Å². The first-order valence-electron chi connectivity index (χ1n) is 9.42. The number of rotatable bonds is 10. The minimum absolute atomic E-state index is 0.138. The number of benzene rings is 1. The molecule has 0 radical (unpaired) electrons. The summed E-state index contributed by atoms with van der Waals surface area (Å²) in [6.07, 6.45) is 6.18. The molecule has 1 aromatic carbocycles. The molecule has 0 N–H and O–H groups in total. The second-order valence-corrected chi connectivity index (χ2v) is 7.57. The molecule has 1 amide bonds. The van der Waals surface area contributed by atoms with Gasteiger partial charge in [0.2, 0.25) is 0 Å². The topological polar surface area (TPSA) is 32.8 Å². The lowest BCUT2D eigenvalue weighted by Crippen LogP contribution is -2.39. The normalized spacial score (nSPS) is 16.2. The van der Waals surface area contributed by atoms with E-state index < -0.39 is 0 Å². The summed E-state index contributed by atoms with van der Waals surface area (Å²) in [5.74, 6) is 0. The van der Waals surface area contributed by atoms with Crippen molar-refractivity contribution in [3.8, 4) is 0 Å². The maximum Gasteiger partial charge on any atom is 0.409 e. The van der Waals surface area contributed by atoms with Crippen LogP contribution < -0.4 is 0 Å². The quantitative estimate of drug-likeness (QED) is 0.458. The molecular weight excluding hydrogens is 332 g/mol. The third-order valence-electron chi connectivity index (χ3n) is 4.90. The maximum atomic E-state index is 11.6. The summed E-state index contributed by atoms with van der Waals surface area (Å²) in [7, 11) is 0. The molecule has 0 aromatic heterocycles. The van der Waals surface area contributed by atoms with Crippen molar-refractivity contribution in [3.05, 3.63) is 29.8 Å². The zero-order valence-corrected chi connectivity index (χ0v) is 16.7. The first-order chi connectivity index (χ1) is 12.1. The van der Waals surface area contributed by atoms with Crippen LogP contribution in [-0.4, -0.2) is 61.0 Å². The zero-order chi connectivity index (χ0) is 18.1. The van der Waals surface area contributed by atoms with Gasteiger partial charge in [-0.1, -0.05) is 19.1 Å². The highest BCUT2D eigenvalue weighted by atomic mass is 32.2. The highest BCUT2D eigenvalue weighted by Crippen LogP contribution is 2.17. The summed E-state index contributed by atoms with van der Waals surface area (Å²) >= 11 is 1.79. The first kappa shape index (κ1) is 20.1. The Bertz CT molecular complexity index is 521. The van der Waals surface area contributed by atoms with Crippen molar-refractivity contribution in [2.24, 2.45) is 0 Å². The van der Waals surface area contributed by atoms with Crippen molar-refractivity contribution in [2.45, 2.75) is 50.5 Å². The Kier molecular flexibility index (Phi) is 8.62. The highest BCUT2D eigenvalue weighted by molar-refractivity contribution is 7.98. The number of amides is 1. The summed E-state index contributed by atoms with van der Waals surface area (Å²) < 4.78 is 5.09. The number of hydrogen-bond donors (Lipinski definition) is 0. The minimum Gasteiger partial charge on any atom is -0.449 e. The molecule has 1 unspecified atom stereocenters. The molecule has 1 aliphatic heterocycles. The van der Waals surface area contributed by atoms with Gasteiger partial charge in [0.05, 0.1) is 6.61 Å². The van der Waals surface area contributed by atoms with Gasteiger partial charge in [-0.2, -0.15) is 0 Å². The molecule has 1 atom stereocenters. The van der Waals surface area contributed by atoms with E-state index >= 15 is 0 Å². The van der Waals surface area contributed by atoms with E-state index in [2.05, 4.69) is 49.3 Å². The van der Waals surface area contributed by atoms with Crippen LogP contribution in [0.15, 0.2) is 29.2 Å². The largest absolute Gasteiger partial charge is 0.449 e. The van der Waals surface area contributed by atoms with E-state index in [1.165, 1.54) is 10.5 Å². The summed E-state index contributed by atoms with van der Waals surface area (Å²) in [6, 6.07) is 9.45. The van der Waals surface area contributed by atoms with Crippen molar-refractivity contribution >= 4 is 17.9 Å². The maximum absolute atomic E-state index is 11.6. The van der Waals surface area contributed by atoms with Crippen LogP contribution in [0.3, 0.4) is 0 Å². The van der Waals surface area contributed by atoms with Crippen molar-refractivity contribution < 1.29 is 9.53 Å². The Hall–Kier alpha value is -1.20. The predicted molar refractivity (Wildman–Crippen MR) is 105 cm³/mol. The third-order valence-corrected chi connectivity index (χ3v) is 5.64. The first-order valence-corrected chi connectivity index (χ1v) is 10.6. The van der Waals surface area contributed by atoms with E-state index in [1.807, 2.05) is 4.90 Å².